The molecular formula is C14H12FNO4. The summed E-state index contributed by atoms with van der Waals surface area (Å²) in [6.07, 6.45) is 1.34. The number of pyridine rings is 1. The maximum Gasteiger partial charge on any atom is 0.341 e. The van der Waals surface area contributed by atoms with Crippen molar-refractivity contribution in [3.05, 3.63) is 57.8 Å². The smallest absolute Gasteiger partial charge is 0.341 e. The largest absolute Gasteiger partial charge is 0.497 e. The zero-order chi connectivity index (χ0) is 14.9. The molecule has 5 nitrogen and oxygen atoms in total. The van der Waals surface area contributed by atoms with E-state index in [0.29, 0.717) is 11.3 Å². The second-order valence-electron chi connectivity index (χ2n) is 4.17. The van der Waals surface area contributed by atoms with Crippen LogP contribution in [0.4, 0.5) is 4.39 Å². The van der Waals surface area contributed by atoms with E-state index in [4.69, 9.17) is 9.84 Å². The van der Waals surface area contributed by atoms with Gasteiger partial charge in [-0.25, -0.2) is 9.18 Å². The average molecular weight is 277 g/mol. The van der Waals surface area contributed by atoms with Gasteiger partial charge in [-0.15, -0.1) is 0 Å². The molecule has 1 aromatic carbocycles. The molecule has 2 aromatic rings. The third-order valence-electron chi connectivity index (χ3n) is 2.93. The molecule has 104 valence electrons. The number of aromatic nitrogens is 1. The van der Waals surface area contributed by atoms with E-state index in [1.807, 2.05) is 0 Å². The lowest BCUT2D eigenvalue weighted by Crippen LogP contribution is -2.26. The molecule has 0 aliphatic rings. The molecule has 1 aromatic heterocycles. The first-order valence-electron chi connectivity index (χ1n) is 5.75. The maximum atomic E-state index is 13.9. The summed E-state index contributed by atoms with van der Waals surface area (Å²) in [7, 11) is 1.40. The summed E-state index contributed by atoms with van der Waals surface area (Å²) in [5.41, 5.74) is -0.852. The molecule has 0 radical (unpaired) electrons. The molecule has 0 bridgehead atoms. The highest BCUT2D eigenvalue weighted by atomic mass is 19.1. The van der Waals surface area contributed by atoms with Crippen LogP contribution in [0.25, 0.3) is 5.69 Å². The molecule has 0 amide bonds. The van der Waals surface area contributed by atoms with E-state index >= 15 is 0 Å². The highest BCUT2D eigenvalue weighted by Gasteiger charge is 2.16. The van der Waals surface area contributed by atoms with Gasteiger partial charge in [0.25, 0.3) is 5.56 Å². The number of halogens is 1. The van der Waals surface area contributed by atoms with Crippen molar-refractivity contribution in [2.45, 2.75) is 6.92 Å². The van der Waals surface area contributed by atoms with Crippen molar-refractivity contribution < 1.29 is 19.0 Å². The summed E-state index contributed by atoms with van der Waals surface area (Å²) in [6, 6.07) is 5.43. The van der Waals surface area contributed by atoms with Gasteiger partial charge in [-0.2, -0.15) is 0 Å². The number of nitrogens with zero attached hydrogens (tertiary/aromatic N) is 1. The molecule has 1 N–H and O–H groups in total. The monoisotopic (exact) mass is 277 g/mol. The van der Waals surface area contributed by atoms with E-state index in [0.717, 1.165) is 10.6 Å². The van der Waals surface area contributed by atoms with Gasteiger partial charge in [-0.3, -0.25) is 9.36 Å². The number of hydrogen-bond acceptors (Lipinski definition) is 3. The van der Waals surface area contributed by atoms with Crippen molar-refractivity contribution in [2.75, 3.05) is 7.11 Å². The van der Waals surface area contributed by atoms with Crippen LogP contribution < -0.4 is 10.3 Å². The predicted molar refractivity (Wildman–Crippen MR) is 70.2 cm³/mol. The first kappa shape index (κ1) is 13.8. The zero-order valence-electron chi connectivity index (χ0n) is 10.9. The van der Waals surface area contributed by atoms with Crippen molar-refractivity contribution in [3.63, 3.8) is 0 Å². The first-order chi connectivity index (χ1) is 9.45. The highest BCUT2D eigenvalue weighted by Crippen LogP contribution is 2.19. The van der Waals surface area contributed by atoms with Gasteiger partial charge in [0.05, 0.1) is 12.8 Å². The van der Waals surface area contributed by atoms with E-state index < -0.39 is 17.3 Å². The number of carboxylic acids is 1. The highest BCUT2D eigenvalue weighted by molar-refractivity contribution is 5.88. The Balaban J connectivity index is 2.68. The summed E-state index contributed by atoms with van der Waals surface area (Å²) in [6.45, 7) is 1.51. The Morgan fingerprint density at radius 3 is 2.60 bits per heavy atom. The van der Waals surface area contributed by atoms with Crippen LogP contribution in [0.2, 0.25) is 0 Å². The SMILES string of the molecule is COc1ccc(-n2ccc(C)c(C(=O)O)c2=O)c(F)c1. The van der Waals surface area contributed by atoms with Crippen LogP contribution in [0.5, 0.6) is 5.75 Å². The van der Waals surface area contributed by atoms with Crippen molar-refractivity contribution in [1.82, 2.24) is 4.57 Å². The molecule has 1 heterocycles. The average Bonchev–Trinajstić information content (AvgIpc) is 2.39. The molecular weight excluding hydrogens is 265 g/mol. The Kier molecular flexibility index (Phi) is 3.56. The lowest BCUT2D eigenvalue weighted by molar-refractivity contribution is 0.0693. The van der Waals surface area contributed by atoms with Crippen LogP contribution in [0.1, 0.15) is 15.9 Å². The molecule has 0 unspecified atom stereocenters. The quantitative estimate of drug-likeness (QED) is 0.931. The molecule has 0 atom stereocenters. The fourth-order valence-electron chi connectivity index (χ4n) is 1.89. The Hall–Kier alpha value is -2.63. The summed E-state index contributed by atoms with van der Waals surface area (Å²) in [5.74, 6) is -1.70. The van der Waals surface area contributed by atoms with Gasteiger partial charge in [0.1, 0.15) is 11.3 Å². The van der Waals surface area contributed by atoms with Crippen LogP contribution in [-0.4, -0.2) is 22.8 Å². The number of aromatic carboxylic acids is 1. The second-order valence-corrected chi connectivity index (χ2v) is 4.17. The first-order valence-corrected chi connectivity index (χ1v) is 5.75. The van der Waals surface area contributed by atoms with Crippen molar-refractivity contribution in [2.24, 2.45) is 0 Å². The minimum Gasteiger partial charge on any atom is -0.497 e. The Labute approximate surface area is 113 Å². The molecule has 20 heavy (non-hydrogen) atoms. The molecule has 0 aliphatic carbocycles. The zero-order valence-corrected chi connectivity index (χ0v) is 10.9. The van der Waals surface area contributed by atoms with Crippen LogP contribution in [0.3, 0.4) is 0 Å². The molecule has 0 fully saturated rings. The minimum absolute atomic E-state index is 0.0294. The minimum atomic E-state index is -1.34. The molecule has 0 saturated heterocycles. The maximum absolute atomic E-state index is 13.9. The van der Waals surface area contributed by atoms with Crippen LogP contribution in [0.15, 0.2) is 35.3 Å². The Morgan fingerprint density at radius 1 is 1.35 bits per heavy atom. The van der Waals surface area contributed by atoms with Crippen molar-refractivity contribution in [3.8, 4) is 11.4 Å². The van der Waals surface area contributed by atoms with Crippen LogP contribution in [0, 0.1) is 12.7 Å². The lowest BCUT2D eigenvalue weighted by atomic mass is 10.1. The van der Waals surface area contributed by atoms with E-state index in [9.17, 15) is 14.0 Å². The van der Waals surface area contributed by atoms with Gasteiger partial charge >= 0.3 is 5.97 Å². The second kappa shape index (κ2) is 5.16. The summed E-state index contributed by atoms with van der Waals surface area (Å²) in [5, 5.41) is 9.04. The number of carbonyl (C=O) groups is 1. The number of benzene rings is 1. The van der Waals surface area contributed by atoms with Crippen molar-refractivity contribution in [1.29, 1.82) is 0 Å². The third-order valence-corrected chi connectivity index (χ3v) is 2.93. The Morgan fingerprint density at radius 2 is 2.05 bits per heavy atom. The van der Waals surface area contributed by atoms with E-state index in [2.05, 4.69) is 0 Å². The van der Waals surface area contributed by atoms with Gasteiger partial charge in [0, 0.05) is 12.3 Å². The Bertz CT molecular complexity index is 736. The van der Waals surface area contributed by atoms with E-state index in [1.54, 1.807) is 0 Å². The topological polar surface area (TPSA) is 68.5 Å². The standard InChI is InChI=1S/C14H12FNO4/c1-8-5-6-16(13(17)12(8)14(18)19)11-4-3-9(20-2)7-10(11)15/h3-7H,1-2H3,(H,18,19). The molecule has 0 aliphatic heterocycles. The van der Waals surface area contributed by atoms with E-state index in [1.165, 1.54) is 38.4 Å². The molecule has 0 saturated carbocycles. The number of methoxy groups -OCH3 is 1. The predicted octanol–water partition coefficient (Wildman–Crippen LogP) is 1.99. The van der Waals surface area contributed by atoms with Gasteiger partial charge < -0.3 is 9.84 Å². The van der Waals surface area contributed by atoms with Crippen molar-refractivity contribution >= 4 is 5.97 Å². The summed E-state index contributed by atoms with van der Waals surface area (Å²) in [4.78, 5) is 23.2. The number of ether oxygens (including phenoxy) is 1. The third kappa shape index (κ3) is 2.27. The van der Waals surface area contributed by atoms with Gasteiger partial charge in [-0.05, 0) is 30.7 Å². The number of carboxylic acid groups (broad SMARTS) is 1. The molecule has 2 rings (SSSR count). The fraction of sp³-hybridized carbons (Fsp3) is 0.143. The lowest BCUT2D eigenvalue weighted by Gasteiger charge is -2.10. The number of rotatable bonds is 3. The number of hydrogen-bond donors (Lipinski definition) is 1. The van der Waals surface area contributed by atoms with Crippen LogP contribution >= 0.6 is 0 Å². The normalized spacial score (nSPS) is 10.3. The molecule has 6 heteroatoms. The van der Waals surface area contributed by atoms with Gasteiger partial charge in [0.15, 0.2) is 5.82 Å². The fourth-order valence-corrected chi connectivity index (χ4v) is 1.89. The summed E-state index contributed by atoms with van der Waals surface area (Å²) >= 11 is 0. The van der Waals surface area contributed by atoms with E-state index in [-0.39, 0.29) is 11.3 Å². The van der Waals surface area contributed by atoms with Gasteiger partial charge in [-0.1, -0.05) is 0 Å². The molecule has 0 spiro atoms. The van der Waals surface area contributed by atoms with Crippen LogP contribution in [-0.2, 0) is 0 Å². The number of aryl methyl sites for hydroxylation is 1. The summed E-state index contributed by atoms with van der Waals surface area (Å²) < 4.78 is 19.8. The van der Waals surface area contributed by atoms with Gasteiger partial charge in [0.2, 0.25) is 0 Å².